The summed E-state index contributed by atoms with van der Waals surface area (Å²) >= 11 is 2.69. The highest BCUT2D eigenvalue weighted by Gasteiger charge is 2.33. The van der Waals surface area contributed by atoms with Crippen LogP contribution in [0.15, 0.2) is 35.2 Å². The normalized spacial score (nSPS) is 13.2. The molecule has 0 unspecified atom stereocenters. The van der Waals surface area contributed by atoms with Gasteiger partial charge in [0.25, 0.3) is 0 Å². The SMILES string of the molecule is O=C1c2ccccc2C(=O)c2sc(-c3cscn3)nc21. The molecule has 0 aliphatic heterocycles. The molecule has 20 heavy (non-hydrogen) atoms. The maximum atomic E-state index is 12.4. The lowest BCUT2D eigenvalue weighted by Crippen LogP contribution is -2.19. The van der Waals surface area contributed by atoms with Gasteiger partial charge in [-0.3, -0.25) is 9.59 Å². The van der Waals surface area contributed by atoms with E-state index in [-0.39, 0.29) is 17.3 Å². The van der Waals surface area contributed by atoms with Crippen molar-refractivity contribution in [1.29, 1.82) is 0 Å². The molecule has 96 valence electrons. The number of fused-ring (bicyclic) bond motifs is 2. The molecule has 6 heteroatoms. The van der Waals surface area contributed by atoms with Gasteiger partial charge in [-0.05, 0) is 0 Å². The first-order chi connectivity index (χ1) is 9.75. The molecule has 0 saturated heterocycles. The second kappa shape index (κ2) is 4.16. The molecule has 1 aliphatic carbocycles. The van der Waals surface area contributed by atoms with Crippen molar-refractivity contribution >= 4 is 34.2 Å². The molecule has 2 aromatic heterocycles. The molecule has 1 aromatic carbocycles. The van der Waals surface area contributed by atoms with E-state index >= 15 is 0 Å². The van der Waals surface area contributed by atoms with E-state index < -0.39 is 0 Å². The van der Waals surface area contributed by atoms with Crippen molar-refractivity contribution in [2.24, 2.45) is 0 Å². The second-order valence-corrected chi connectivity index (χ2v) is 5.99. The Labute approximate surface area is 121 Å². The first-order valence-corrected chi connectivity index (χ1v) is 7.59. The van der Waals surface area contributed by atoms with Gasteiger partial charge in [0.2, 0.25) is 11.6 Å². The lowest BCUT2D eigenvalue weighted by atomic mass is 9.91. The third kappa shape index (κ3) is 1.52. The smallest absolute Gasteiger partial charge is 0.213 e. The minimum absolute atomic E-state index is 0.130. The van der Waals surface area contributed by atoms with E-state index in [1.165, 1.54) is 22.7 Å². The number of ketones is 2. The van der Waals surface area contributed by atoms with Crippen molar-refractivity contribution < 1.29 is 9.59 Å². The molecule has 2 heterocycles. The Morgan fingerprint density at radius 1 is 1.00 bits per heavy atom. The number of aromatic nitrogens is 2. The highest BCUT2D eigenvalue weighted by atomic mass is 32.1. The monoisotopic (exact) mass is 298 g/mol. The molecule has 0 spiro atoms. The number of hydrogen-bond donors (Lipinski definition) is 0. The van der Waals surface area contributed by atoms with Crippen molar-refractivity contribution in [3.8, 4) is 10.7 Å². The number of rotatable bonds is 1. The summed E-state index contributed by atoms with van der Waals surface area (Å²) < 4.78 is 0. The molecular formula is C14H6N2O2S2. The van der Waals surface area contributed by atoms with E-state index in [9.17, 15) is 9.59 Å². The van der Waals surface area contributed by atoms with Crippen LogP contribution in [-0.4, -0.2) is 21.5 Å². The molecular weight excluding hydrogens is 292 g/mol. The number of carbonyl (C=O) groups excluding carboxylic acids is 2. The van der Waals surface area contributed by atoms with Gasteiger partial charge in [-0.15, -0.1) is 22.7 Å². The van der Waals surface area contributed by atoms with Gasteiger partial charge in [0.1, 0.15) is 21.3 Å². The van der Waals surface area contributed by atoms with Gasteiger partial charge in [-0.25, -0.2) is 9.97 Å². The number of carbonyl (C=O) groups is 2. The molecule has 1 aliphatic rings. The Hall–Kier alpha value is -2.18. The predicted molar refractivity (Wildman–Crippen MR) is 76.5 cm³/mol. The molecule has 0 atom stereocenters. The molecule has 0 saturated carbocycles. The van der Waals surface area contributed by atoms with Crippen LogP contribution < -0.4 is 0 Å². The van der Waals surface area contributed by atoms with Crippen molar-refractivity contribution in [1.82, 2.24) is 9.97 Å². The Morgan fingerprint density at radius 2 is 1.75 bits per heavy atom. The predicted octanol–water partition coefficient (Wildman–Crippen LogP) is 3.04. The van der Waals surface area contributed by atoms with Gasteiger partial charge in [0.15, 0.2) is 0 Å². The molecule has 0 fully saturated rings. The maximum absolute atomic E-state index is 12.4. The van der Waals surface area contributed by atoms with Crippen LogP contribution in [0.4, 0.5) is 0 Å². The Morgan fingerprint density at radius 3 is 2.45 bits per heavy atom. The first-order valence-electron chi connectivity index (χ1n) is 5.83. The summed E-state index contributed by atoms with van der Waals surface area (Å²) in [6.45, 7) is 0. The highest BCUT2D eigenvalue weighted by molar-refractivity contribution is 7.18. The van der Waals surface area contributed by atoms with Crippen LogP contribution in [0.5, 0.6) is 0 Å². The Kier molecular flexibility index (Phi) is 2.42. The van der Waals surface area contributed by atoms with Crippen molar-refractivity contribution in [2.75, 3.05) is 0 Å². The van der Waals surface area contributed by atoms with Crippen LogP contribution in [0.25, 0.3) is 10.7 Å². The Balaban J connectivity index is 1.94. The number of benzene rings is 1. The third-order valence-corrected chi connectivity index (χ3v) is 4.78. The zero-order valence-electron chi connectivity index (χ0n) is 9.99. The van der Waals surface area contributed by atoms with Crippen LogP contribution >= 0.6 is 22.7 Å². The molecule has 0 radical (unpaired) electrons. The second-order valence-electron chi connectivity index (χ2n) is 4.27. The van der Waals surface area contributed by atoms with Gasteiger partial charge in [0, 0.05) is 16.5 Å². The van der Waals surface area contributed by atoms with Gasteiger partial charge in [-0.1, -0.05) is 24.3 Å². The third-order valence-electron chi connectivity index (χ3n) is 3.12. The molecule has 4 nitrogen and oxygen atoms in total. The van der Waals surface area contributed by atoms with Gasteiger partial charge < -0.3 is 0 Å². The van der Waals surface area contributed by atoms with E-state index in [2.05, 4.69) is 9.97 Å². The maximum Gasteiger partial charge on any atom is 0.213 e. The summed E-state index contributed by atoms with van der Waals surface area (Å²) in [6, 6.07) is 6.86. The number of thiazole rings is 2. The topological polar surface area (TPSA) is 59.9 Å². The van der Waals surface area contributed by atoms with E-state index in [1.54, 1.807) is 29.8 Å². The van der Waals surface area contributed by atoms with Crippen molar-refractivity contribution in [3.05, 3.63) is 56.9 Å². The summed E-state index contributed by atoms with van der Waals surface area (Å²) in [5.41, 5.74) is 3.55. The molecule has 4 rings (SSSR count). The highest BCUT2D eigenvalue weighted by Crippen LogP contribution is 2.34. The first kappa shape index (κ1) is 11.6. The van der Waals surface area contributed by atoms with Gasteiger partial charge in [-0.2, -0.15) is 0 Å². The fourth-order valence-corrected chi connectivity index (χ4v) is 3.78. The minimum Gasteiger partial charge on any atom is -0.288 e. The molecule has 0 amide bonds. The molecule has 0 bridgehead atoms. The quantitative estimate of drug-likeness (QED) is 0.542. The van der Waals surface area contributed by atoms with Crippen LogP contribution in [0.3, 0.4) is 0 Å². The van der Waals surface area contributed by atoms with E-state index in [0.717, 1.165) is 0 Å². The van der Waals surface area contributed by atoms with Crippen molar-refractivity contribution in [3.63, 3.8) is 0 Å². The van der Waals surface area contributed by atoms with Crippen LogP contribution in [-0.2, 0) is 0 Å². The Bertz CT molecular complexity index is 797. The molecule has 3 aromatic rings. The zero-order valence-corrected chi connectivity index (χ0v) is 11.6. The average Bonchev–Trinajstić information content (AvgIpc) is 3.13. The van der Waals surface area contributed by atoms with Crippen LogP contribution in [0.2, 0.25) is 0 Å². The largest absolute Gasteiger partial charge is 0.288 e. The van der Waals surface area contributed by atoms with Crippen molar-refractivity contribution in [2.45, 2.75) is 0 Å². The fraction of sp³-hybridized carbons (Fsp3) is 0. The molecule has 0 N–H and O–H groups in total. The minimum atomic E-state index is -0.187. The summed E-state index contributed by atoms with van der Waals surface area (Å²) in [6.07, 6.45) is 0. The zero-order chi connectivity index (χ0) is 13.7. The summed E-state index contributed by atoms with van der Waals surface area (Å²) in [4.78, 5) is 33.7. The van der Waals surface area contributed by atoms with Crippen LogP contribution in [0.1, 0.15) is 31.3 Å². The van der Waals surface area contributed by atoms with Gasteiger partial charge in [0.05, 0.1) is 5.51 Å². The van der Waals surface area contributed by atoms with E-state index in [1.807, 2.05) is 5.38 Å². The van der Waals surface area contributed by atoms with Gasteiger partial charge >= 0.3 is 0 Å². The lowest BCUT2D eigenvalue weighted by molar-refractivity contribution is 0.0979. The summed E-state index contributed by atoms with van der Waals surface area (Å²) in [5, 5.41) is 2.47. The summed E-state index contributed by atoms with van der Waals surface area (Å²) in [7, 11) is 0. The van der Waals surface area contributed by atoms with Crippen LogP contribution in [0, 0.1) is 0 Å². The van der Waals surface area contributed by atoms with E-state index in [0.29, 0.717) is 26.7 Å². The average molecular weight is 298 g/mol. The van der Waals surface area contributed by atoms with E-state index in [4.69, 9.17) is 0 Å². The summed E-state index contributed by atoms with van der Waals surface area (Å²) in [5.74, 6) is -0.317. The number of hydrogen-bond acceptors (Lipinski definition) is 6. The number of nitrogens with zero attached hydrogens (tertiary/aromatic N) is 2. The standard InChI is InChI=1S/C14H6N2O2S2/c17-11-7-3-1-2-4-8(7)12(18)13-10(11)16-14(20-13)9-5-19-6-15-9/h1-6H. The fourth-order valence-electron chi connectivity index (χ4n) is 2.18. The lowest BCUT2D eigenvalue weighted by Gasteiger charge is -2.11.